The van der Waals surface area contributed by atoms with Crippen molar-refractivity contribution >= 4 is 5.69 Å². The van der Waals surface area contributed by atoms with Gasteiger partial charge in [0.05, 0.1) is 18.1 Å². The van der Waals surface area contributed by atoms with Crippen LogP contribution in [0, 0.1) is 0 Å². The first kappa shape index (κ1) is 12.3. The summed E-state index contributed by atoms with van der Waals surface area (Å²) in [7, 11) is 4.29. The highest BCUT2D eigenvalue weighted by Crippen LogP contribution is 2.21. The molecular formula is C13H22N4. The molecule has 0 aliphatic carbocycles. The maximum absolute atomic E-state index is 4.43. The van der Waals surface area contributed by atoms with Gasteiger partial charge in [0.1, 0.15) is 5.82 Å². The monoisotopic (exact) mass is 234 g/mol. The lowest BCUT2D eigenvalue weighted by atomic mass is 10.2. The van der Waals surface area contributed by atoms with Gasteiger partial charge >= 0.3 is 0 Å². The van der Waals surface area contributed by atoms with Crippen LogP contribution >= 0.6 is 0 Å². The molecule has 2 rings (SSSR count). The Bertz CT molecular complexity index is 358. The summed E-state index contributed by atoms with van der Waals surface area (Å²) < 4.78 is 0. The Kier molecular flexibility index (Phi) is 3.62. The lowest BCUT2D eigenvalue weighted by molar-refractivity contribution is 0.315. The van der Waals surface area contributed by atoms with Crippen LogP contribution in [-0.2, 0) is 0 Å². The Morgan fingerprint density at radius 2 is 1.94 bits per heavy atom. The van der Waals surface area contributed by atoms with Gasteiger partial charge in [0.15, 0.2) is 0 Å². The third kappa shape index (κ3) is 2.75. The summed E-state index contributed by atoms with van der Waals surface area (Å²) in [6.45, 7) is 6.42. The molecule has 0 bridgehead atoms. The first-order chi connectivity index (χ1) is 8.08. The van der Waals surface area contributed by atoms with Crippen molar-refractivity contribution in [2.45, 2.75) is 32.2 Å². The van der Waals surface area contributed by atoms with Crippen LogP contribution in [0.1, 0.15) is 32.0 Å². The summed E-state index contributed by atoms with van der Waals surface area (Å²) in [5, 5.41) is 0. The van der Waals surface area contributed by atoms with E-state index < -0.39 is 0 Å². The number of anilines is 1. The molecule has 0 aromatic carbocycles. The zero-order chi connectivity index (χ0) is 12.4. The molecule has 1 aliphatic rings. The molecule has 0 spiro atoms. The largest absolute Gasteiger partial charge is 0.367 e. The standard InChI is InChI=1S/C13H22N4/c1-10(2)13-14-7-12(8-15-13)17-6-5-11(9-17)16(3)4/h7-8,10-11H,5-6,9H2,1-4H3/t11-/m1/s1. The summed E-state index contributed by atoms with van der Waals surface area (Å²) >= 11 is 0. The van der Waals surface area contributed by atoms with Crippen molar-refractivity contribution in [1.82, 2.24) is 14.9 Å². The van der Waals surface area contributed by atoms with Gasteiger partial charge in [-0.15, -0.1) is 0 Å². The fourth-order valence-electron chi connectivity index (χ4n) is 2.19. The van der Waals surface area contributed by atoms with E-state index in [0.717, 1.165) is 24.6 Å². The zero-order valence-electron chi connectivity index (χ0n) is 11.2. The van der Waals surface area contributed by atoms with Crippen molar-refractivity contribution in [2.24, 2.45) is 0 Å². The van der Waals surface area contributed by atoms with Crippen molar-refractivity contribution in [3.63, 3.8) is 0 Å². The summed E-state index contributed by atoms with van der Waals surface area (Å²) in [5.74, 6) is 1.33. The second kappa shape index (κ2) is 5.00. The van der Waals surface area contributed by atoms with Crippen LogP contribution in [0.25, 0.3) is 0 Å². The molecule has 4 nitrogen and oxygen atoms in total. The molecule has 1 atom stereocenters. The Morgan fingerprint density at radius 3 is 2.41 bits per heavy atom. The van der Waals surface area contributed by atoms with Gasteiger partial charge in [-0.3, -0.25) is 0 Å². The lowest BCUT2D eigenvalue weighted by Crippen LogP contribution is -2.31. The van der Waals surface area contributed by atoms with Gasteiger partial charge in [0.25, 0.3) is 0 Å². The number of aromatic nitrogens is 2. The van der Waals surface area contributed by atoms with Crippen LogP contribution in [0.5, 0.6) is 0 Å². The Morgan fingerprint density at radius 1 is 1.29 bits per heavy atom. The third-order valence-corrected chi connectivity index (χ3v) is 3.43. The van der Waals surface area contributed by atoms with E-state index in [1.54, 1.807) is 0 Å². The molecule has 0 unspecified atom stereocenters. The zero-order valence-corrected chi connectivity index (χ0v) is 11.2. The van der Waals surface area contributed by atoms with E-state index in [0.29, 0.717) is 12.0 Å². The van der Waals surface area contributed by atoms with Gasteiger partial charge in [-0.2, -0.15) is 0 Å². The Balaban J connectivity index is 2.04. The van der Waals surface area contributed by atoms with Crippen molar-refractivity contribution in [3.05, 3.63) is 18.2 Å². The number of nitrogens with zero attached hydrogens (tertiary/aromatic N) is 4. The lowest BCUT2D eigenvalue weighted by Gasteiger charge is -2.21. The van der Waals surface area contributed by atoms with E-state index in [1.807, 2.05) is 12.4 Å². The Labute approximate surface area is 104 Å². The molecule has 17 heavy (non-hydrogen) atoms. The first-order valence-corrected chi connectivity index (χ1v) is 6.31. The number of likely N-dealkylation sites (N-methyl/N-ethyl adjacent to an activating group) is 1. The third-order valence-electron chi connectivity index (χ3n) is 3.43. The molecular weight excluding hydrogens is 212 g/mol. The molecule has 1 aromatic heterocycles. The molecule has 0 saturated carbocycles. The molecule has 4 heteroatoms. The minimum Gasteiger partial charge on any atom is -0.367 e. The van der Waals surface area contributed by atoms with E-state index in [4.69, 9.17) is 0 Å². The van der Waals surface area contributed by atoms with Gasteiger partial charge in [0, 0.05) is 25.0 Å². The Hall–Kier alpha value is -1.16. The quantitative estimate of drug-likeness (QED) is 0.797. The number of rotatable bonds is 3. The molecule has 94 valence electrons. The van der Waals surface area contributed by atoms with Crippen molar-refractivity contribution in [3.8, 4) is 0 Å². The molecule has 1 saturated heterocycles. The smallest absolute Gasteiger partial charge is 0.130 e. The maximum atomic E-state index is 4.43. The van der Waals surface area contributed by atoms with E-state index >= 15 is 0 Å². The predicted molar refractivity (Wildman–Crippen MR) is 70.4 cm³/mol. The SMILES string of the molecule is CC(C)c1ncc(N2CC[C@@H](N(C)C)C2)cn1. The van der Waals surface area contributed by atoms with Crippen LogP contribution in [-0.4, -0.2) is 48.1 Å². The van der Waals surface area contributed by atoms with Crippen molar-refractivity contribution < 1.29 is 0 Å². The summed E-state index contributed by atoms with van der Waals surface area (Å²) in [6, 6.07) is 0.653. The predicted octanol–water partition coefficient (Wildman–Crippen LogP) is 1.74. The highest BCUT2D eigenvalue weighted by molar-refractivity contribution is 5.43. The summed E-state index contributed by atoms with van der Waals surface area (Å²) in [6.07, 6.45) is 5.14. The molecule has 0 radical (unpaired) electrons. The van der Waals surface area contributed by atoms with Crippen molar-refractivity contribution in [2.75, 3.05) is 32.1 Å². The van der Waals surface area contributed by atoms with Crippen LogP contribution in [0.4, 0.5) is 5.69 Å². The minimum absolute atomic E-state index is 0.400. The molecule has 1 fully saturated rings. The fourth-order valence-corrected chi connectivity index (χ4v) is 2.19. The molecule has 0 amide bonds. The highest BCUT2D eigenvalue weighted by atomic mass is 15.2. The van der Waals surface area contributed by atoms with E-state index in [1.165, 1.54) is 6.42 Å². The van der Waals surface area contributed by atoms with Gasteiger partial charge in [-0.25, -0.2) is 9.97 Å². The van der Waals surface area contributed by atoms with E-state index in [9.17, 15) is 0 Å². The second-order valence-corrected chi connectivity index (χ2v) is 5.31. The van der Waals surface area contributed by atoms with E-state index in [-0.39, 0.29) is 0 Å². The van der Waals surface area contributed by atoms with Crippen LogP contribution in [0.3, 0.4) is 0 Å². The molecule has 1 aliphatic heterocycles. The molecule has 1 aromatic rings. The maximum Gasteiger partial charge on any atom is 0.130 e. The average molecular weight is 234 g/mol. The number of hydrogen-bond acceptors (Lipinski definition) is 4. The molecule has 2 heterocycles. The second-order valence-electron chi connectivity index (χ2n) is 5.31. The fraction of sp³-hybridized carbons (Fsp3) is 0.692. The van der Waals surface area contributed by atoms with Gasteiger partial charge < -0.3 is 9.80 Å². The van der Waals surface area contributed by atoms with E-state index in [2.05, 4.69) is 47.7 Å². The number of hydrogen-bond donors (Lipinski definition) is 0. The summed E-state index contributed by atoms with van der Waals surface area (Å²) in [5.41, 5.74) is 1.15. The van der Waals surface area contributed by atoms with Crippen LogP contribution in [0.2, 0.25) is 0 Å². The van der Waals surface area contributed by atoms with Gasteiger partial charge in [-0.05, 0) is 20.5 Å². The van der Waals surface area contributed by atoms with Crippen molar-refractivity contribution in [1.29, 1.82) is 0 Å². The first-order valence-electron chi connectivity index (χ1n) is 6.31. The van der Waals surface area contributed by atoms with Crippen LogP contribution in [0.15, 0.2) is 12.4 Å². The van der Waals surface area contributed by atoms with Gasteiger partial charge in [0.2, 0.25) is 0 Å². The minimum atomic E-state index is 0.400. The highest BCUT2D eigenvalue weighted by Gasteiger charge is 2.24. The molecule has 0 N–H and O–H groups in total. The summed E-state index contributed by atoms with van der Waals surface area (Å²) in [4.78, 5) is 13.5. The van der Waals surface area contributed by atoms with Gasteiger partial charge in [-0.1, -0.05) is 13.8 Å². The average Bonchev–Trinajstić information content (AvgIpc) is 2.78. The normalized spacial score (nSPS) is 20.6. The van der Waals surface area contributed by atoms with Crippen LogP contribution < -0.4 is 4.90 Å². The topological polar surface area (TPSA) is 32.3 Å².